The molecule has 0 fully saturated rings. The Morgan fingerprint density at radius 3 is 2.90 bits per heavy atom. The number of fused-ring (bicyclic) bond motifs is 1. The highest BCUT2D eigenvalue weighted by Crippen LogP contribution is 2.26. The minimum absolute atomic E-state index is 0.223. The fourth-order valence-electron chi connectivity index (χ4n) is 2.01. The van der Waals surface area contributed by atoms with Crippen LogP contribution >= 0.6 is 11.8 Å². The van der Waals surface area contributed by atoms with Crippen LogP contribution in [0.4, 0.5) is 5.69 Å². The molecule has 2 rings (SSSR count). The van der Waals surface area contributed by atoms with Crippen molar-refractivity contribution < 1.29 is 9.90 Å². The summed E-state index contributed by atoms with van der Waals surface area (Å²) in [6, 6.07) is 7.58. The van der Waals surface area contributed by atoms with Gasteiger partial charge in [0.1, 0.15) is 5.56 Å². The van der Waals surface area contributed by atoms with Crippen LogP contribution in [0.1, 0.15) is 23.7 Å². The Bertz CT molecular complexity index is 616. The van der Waals surface area contributed by atoms with Crippen LogP contribution in [0.5, 0.6) is 0 Å². The van der Waals surface area contributed by atoms with Crippen molar-refractivity contribution >= 4 is 34.3 Å². The highest BCUT2D eigenvalue weighted by atomic mass is 32.2. The largest absolute Gasteiger partial charge is 0.478 e. The zero-order valence-electron chi connectivity index (χ0n) is 11.6. The predicted octanol–water partition coefficient (Wildman–Crippen LogP) is 3.49. The van der Waals surface area contributed by atoms with E-state index in [0.717, 1.165) is 23.9 Å². The molecular formula is C15H18N2O2S. The van der Waals surface area contributed by atoms with Gasteiger partial charge in [-0.2, -0.15) is 11.8 Å². The maximum atomic E-state index is 11.3. The summed E-state index contributed by atoms with van der Waals surface area (Å²) >= 11 is 1.81. The Morgan fingerprint density at radius 2 is 2.20 bits per heavy atom. The molecule has 5 heteroatoms. The van der Waals surface area contributed by atoms with Crippen molar-refractivity contribution in [3.63, 3.8) is 0 Å². The van der Waals surface area contributed by atoms with E-state index in [1.54, 1.807) is 11.8 Å². The van der Waals surface area contributed by atoms with Crippen molar-refractivity contribution in [1.82, 2.24) is 4.98 Å². The molecule has 1 atom stereocenters. The van der Waals surface area contributed by atoms with Crippen molar-refractivity contribution in [3.05, 3.63) is 36.0 Å². The first kappa shape index (κ1) is 14.7. The molecule has 2 aromatic rings. The number of nitrogens with one attached hydrogen (secondary N) is 1. The number of carboxylic acid groups (broad SMARTS) is 1. The number of benzene rings is 1. The van der Waals surface area contributed by atoms with E-state index >= 15 is 0 Å². The topological polar surface area (TPSA) is 62.2 Å². The molecule has 1 unspecified atom stereocenters. The highest BCUT2D eigenvalue weighted by Gasteiger charge is 2.14. The molecule has 0 aliphatic heterocycles. The summed E-state index contributed by atoms with van der Waals surface area (Å²) in [7, 11) is 0. The highest BCUT2D eigenvalue weighted by molar-refractivity contribution is 7.99. The first-order valence-corrected chi connectivity index (χ1v) is 7.80. The van der Waals surface area contributed by atoms with Gasteiger partial charge in [-0.25, -0.2) is 4.79 Å². The van der Waals surface area contributed by atoms with Gasteiger partial charge in [0, 0.05) is 23.4 Å². The third-order valence-electron chi connectivity index (χ3n) is 3.26. The normalized spacial score (nSPS) is 12.3. The van der Waals surface area contributed by atoms with Gasteiger partial charge < -0.3 is 10.4 Å². The average molecular weight is 290 g/mol. The summed E-state index contributed by atoms with van der Waals surface area (Å²) in [6.45, 7) is 2.91. The number of thioether (sulfide) groups is 1. The molecule has 0 saturated carbocycles. The predicted molar refractivity (Wildman–Crippen MR) is 84.8 cm³/mol. The van der Waals surface area contributed by atoms with Gasteiger partial charge in [-0.05, 0) is 18.7 Å². The smallest absolute Gasteiger partial charge is 0.339 e. The Hall–Kier alpha value is -1.75. The van der Waals surface area contributed by atoms with Crippen LogP contribution in [0.25, 0.3) is 10.9 Å². The summed E-state index contributed by atoms with van der Waals surface area (Å²) in [5.41, 5.74) is 1.69. The van der Waals surface area contributed by atoms with Crippen LogP contribution in [-0.4, -0.2) is 34.1 Å². The SMILES string of the molecule is CSC(C)CCNc1c(C(=O)O)cnc2ccccc12. The summed E-state index contributed by atoms with van der Waals surface area (Å²) in [6.07, 6.45) is 4.48. The number of aromatic nitrogens is 1. The maximum Gasteiger partial charge on any atom is 0.339 e. The molecule has 20 heavy (non-hydrogen) atoms. The molecule has 1 heterocycles. The van der Waals surface area contributed by atoms with Crippen molar-refractivity contribution in [2.75, 3.05) is 18.1 Å². The van der Waals surface area contributed by atoms with Gasteiger partial charge in [0.15, 0.2) is 0 Å². The lowest BCUT2D eigenvalue weighted by Gasteiger charge is -2.14. The van der Waals surface area contributed by atoms with Crippen LogP contribution in [0, 0.1) is 0 Å². The van der Waals surface area contributed by atoms with Crippen LogP contribution in [0.2, 0.25) is 0 Å². The number of hydrogen-bond acceptors (Lipinski definition) is 4. The summed E-state index contributed by atoms with van der Waals surface area (Å²) < 4.78 is 0. The van der Waals surface area contributed by atoms with Gasteiger partial charge in [0.05, 0.1) is 11.2 Å². The summed E-state index contributed by atoms with van der Waals surface area (Å²) in [5.74, 6) is -0.955. The molecule has 106 valence electrons. The van der Waals surface area contributed by atoms with Crippen molar-refractivity contribution in [3.8, 4) is 0 Å². The first-order chi connectivity index (χ1) is 9.63. The standard InChI is InChI=1S/C15H18N2O2S/c1-10(20-2)7-8-16-14-11-5-3-4-6-13(11)17-9-12(14)15(18)19/h3-6,9-10H,7-8H2,1-2H3,(H,16,17)(H,18,19). The van der Waals surface area contributed by atoms with Gasteiger partial charge >= 0.3 is 5.97 Å². The number of carboxylic acids is 1. The third-order valence-corrected chi connectivity index (χ3v) is 4.30. The molecule has 1 aromatic carbocycles. The van der Waals surface area contributed by atoms with Crippen LogP contribution in [0.3, 0.4) is 0 Å². The minimum atomic E-state index is -0.955. The zero-order chi connectivity index (χ0) is 14.5. The molecule has 0 spiro atoms. The van der Waals surface area contributed by atoms with Gasteiger partial charge in [-0.1, -0.05) is 25.1 Å². The maximum absolute atomic E-state index is 11.3. The number of hydrogen-bond donors (Lipinski definition) is 2. The Balaban J connectivity index is 2.32. The fraction of sp³-hybridized carbons (Fsp3) is 0.333. The number of aromatic carboxylic acids is 1. The number of carbonyl (C=O) groups is 1. The van der Waals surface area contributed by atoms with Crippen molar-refractivity contribution in [2.24, 2.45) is 0 Å². The van der Waals surface area contributed by atoms with E-state index in [1.165, 1.54) is 6.20 Å². The number of anilines is 1. The van der Waals surface area contributed by atoms with Crippen molar-refractivity contribution in [2.45, 2.75) is 18.6 Å². The van der Waals surface area contributed by atoms with E-state index in [-0.39, 0.29) is 5.56 Å². The van der Waals surface area contributed by atoms with Gasteiger partial charge in [0.2, 0.25) is 0 Å². The molecule has 0 amide bonds. The Labute approximate surface area is 122 Å². The lowest BCUT2D eigenvalue weighted by molar-refractivity contribution is 0.0697. The first-order valence-electron chi connectivity index (χ1n) is 6.51. The van der Waals surface area contributed by atoms with Gasteiger partial charge in [-0.3, -0.25) is 4.98 Å². The van der Waals surface area contributed by atoms with Crippen molar-refractivity contribution in [1.29, 1.82) is 0 Å². The van der Waals surface area contributed by atoms with E-state index in [1.807, 2.05) is 24.3 Å². The van der Waals surface area contributed by atoms with E-state index in [2.05, 4.69) is 23.5 Å². The molecule has 0 radical (unpaired) electrons. The monoisotopic (exact) mass is 290 g/mol. The second-order valence-corrected chi connectivity index (χ2v) is 5.91. The molecular weight excluding hydrogens is 272 g/mol. The zero-order valence-corrected chi connectivity index (χ0v) is 12.4. The van der Waals surface area contributed by atoms with Gasteiger partial charge in [0.25, 0.3) is 0 Å². The minimum Gasteiger partial charge on any atom is -0.478 e. The quantitative estimate of drug-likeness (QED) is 0.852. The number of nitrogens with zero attached hydrogens (tertiary/aromatic N) is 1. The fourth-order valence-corrected chi connectivity index (χ4v) is 2.37. The Kier molecular flexibility index (Phi) is 4.84. The van der Waals surface area contributed by atoms with Crippen LogP contribution < -0.4 is 5.32 Å². The molecule has 1 aromatic heterocycles. The van der Waals surface area contributed by atoms with Gasteiger partial charge in [-0.15, -0.1) is 0 Å². The van der Waals surface area contributed by atoms with E-state index in [4.69, 9.17) is 0 Å². The molecule has 0 aliphatic rings. The molecule has 2 N–H and O–H groups in total. The molecule has 0 saturated heterocycles. The van der Waals surface area contributed by atoms with Crippen LogP contribution in [-0.2, 0) is 0 Å². The summed E-state index contributed by atoms with van der Waals surface area (Å²) in [4.78, 5) is 15.5. The second-order valence-electron chi connectivity index (χ2n) is 4.63. The molecule has 0 aliphatic carbocycles. The van der Waals surface area contributed by atoms with E-state index < -0.39 is 5.97 Å². The second kappa shape index (κ2) is 6.61. The number of pyridine rings is 1. The molecule has 4 nitrogen and oxygen atoms in total. The average Bonchev–Trinajstić information content (AvgIpc) is 2.46. The third kappa shape index (κ3) is 3.22. The van der Waals surface area contributed by atoms with E-state index in [9.17, 15) is 9.90 Å². The lowest BCUT2D eigenvalue weighted by atomic mass is 10.1. The van der Waals surface area contributed by atoms with Crippen LogP contribution in [0.15, 0.2) is 30.5 Å². The lowest BCUT2D eigenvalue weighted by Crippen LogP contribution is -2.12. The number of para-hydroxylation sites is 1. The molecule has 0 bridgehead atoms. The summed E-state index contributed by atoms with van der Waals surface area (Å²) in [5, 5.41) is 14.0. The Morgan fingerprint density at radius 1 is 1.45 bits per heavy atom. The van der Waals surface area contributed by atoms with E-state index in [0.29, 0.717) is 10.9 Å². The number of rotatable bonds is 6.